The second-order valence-corrected chi connectivity index (χ2v) is 7.35. The summed E-state index contributed by atoms with van der Waals surface area (Å²) in [6.45, 7) is 2.43. The van der Waals surface area contributed by atoms with Gasteiger partial charge in [-0.25, -0.2) is 24.9 Å². The number of nitrogen functional groups attached to an aromatic ring is 1. The topological polar surface area (TPSA) is 122 Å². The molecule has 0 bridgehead atoms. The van der Waals surface area contributed by atoms with Gasteiger partial charge >= 0.3 is 6.01 Å². The Bertz CT molecular complexity index is 1160. The Labute approximate surface area is 186 Å². The van der Waals surface area contributed by atoms with Crippen LogP contribution in [-0.4, -0.2) is 43.1 Å². The summed E-state index contributed by atoms with van der Waals surface area (Å²) in [5.74, 6) is 1.22. The van der Waals surface area contributed by atoms with E-state index in [0.717, 1.165) is 15.6 Å². The molecular formula is C21H18BrN7O2. The minimum Gasteiger partial charge on any atom is -0.473 e. The number of nitrogens with zero attached hydrogens (tertiary/aromatic N) is 6. The molecule has 156 valence electrons. The fourth-order valence-corrected chi connectivity index (χ4v) is 2.92. The Kier molecular flexibility index (Phi) is 6.27. The van der Waals surface area contributed by atoms with Crippen LogP contribution in [0.15, 0.2) is 59.6 Å². The Morgan fingerprint density at radius 2 is 1.55 bits per heavy atom. The van der Waals surface area contributed by atoms with Crippen LogP contribution in [0, 0.1) is 6.92 Å². The lowest BCUT2D eigenvalue weighted by molar-refractivity contribution is 0.202. The van der Waals surface area contributed by atoms with Crippen molar-refractivity contribution in [3.8, 4) is 34.7 Å². The van der Waals surface area contributed by atoms with Gasteiger partial charge in [-0.05, 0) is 34.5 Å². The van der Waals surface area contributed by atoms with Crippen LogP contribution in [0.4, 0.5) is 5.82 Å². The van der Waals surface area contributed by atoms with Crippen molar-refractivity contribution in [2.45, 2.75) is 6.92 Å². The number of halogens is 1. The number of rotatable bonds is 7. The molecule has 4 rings (SSSR count). The lowest BCUT2D eigenvalue weighted by Crippen LogP contribution is -2.13. The number of anilines is 1. The van der Waals surface area contributed by atoms with Gasteiger partial charge in [0.1, 0.15) is 19.0 Å². The number of nitrogens with two attached hydrogens (primary N) is 1. The van der Waals surface area contributed by atoms with Crippen molar-refractivity contribution in [1.29, 1.82) is 0 Å². The molecule has 0 aliphatic carbocycles. The number of aryl methyl sites for hydroxylation is 1. The Morgan fingerprint density at radius 3 is 2.26 bits per heavy atom. The van der Waals surface area contributed by atoms with Gasteiger partial charge in [0.15, 0.2) is 5.82 Å². The van der Waals surface area contributed by atoms with Gasteiger partial charge in [0.2, 0.25) is 11.7 Å². The third-order valence-corrected chi connectivity index (χ3v) is 4.57. The minimum absolute atomic E-state index is 0.198. The van der Waals surface area contributed by atoms with Gasteiger partial charge in [-0.1, -0.05) is 29.8 Å². The second kappa shape index (κ2) is 9.43. The first-order chi connectivity index (χ1) is 15.1. The van der Waals surface area contributed by atoms with Crippen LogP contribution < -0.4 is 15.2 Å². The quantitative estimate of drug-likeness (QED) is 0.396. The standard InChI is InChI=1S/C21H18BrN7O2/c1-13-3-5-14(6-4-13)16-17(23)28-19(18-24-7-2-8-25-18)29-20(16)30-9-10-31-21-26-11-15(22)12-27-21/h2-8,11-12H,9-10H2,1H3,(H2,23,28,29). The predicted octanol–water partition coefficient (Wildman–Crippen LogP) is 3.50. The zero-order valence-corrected chi connectivity index (χ0v) is 18.2. The van der Waals surface area contributed by atoms with Gasteiger partial charge in [-0.2, -0.15) is 4.98 Å². The SMILES string of the molecule is Cc1ccc(-c2c(N)nc(-c3ncccn3)nc2OCCOc2ncc(Br)cn2)cc1. The summed E-state index contributed by atoms with van der Waals surface area (Å²) in [7, 11) is 0. The molecule has 1 aromatic carbocycles. The van der Waals surface area contributed by atoms with E-state index in [9.17, 15) is 0 Å². The number of hydrogen-bond donors (Lipinski definition) is 1. The molecular weight excluding hydrogens is 462 g/mol. The Hall–Kier alpha value is -3.66. The van der Waals surface area contributed by atoms with Crippen LogP contribution in [0.3, 0.4) is 0 Å². The molecule has 2 N–H and O–H groups in total. The molecule has 0 amide bonds. The van der Waals surface area contributed by atoms with Crippen molar-refractivity contribution in [1.82, 2.24) is 29.9 Å². The molecule has 0 spiro atoms. The van der Waals surface area contributed by atoms with E-state index < -0.39 is 0 Å². The Morgan fingerprint density at radius 1 is 0.871 bits per heavy atom. The lowest BCUT2D eigenvalue weighted by atomic mass is 10.1. The fraction of sp³-hybridized carbons (Fsp3) is 0.143. The predicted molar refractivity (Wildman–Crippen MR) is 118 cm³/mol. The monoisotopic (exact) mass is 479 g/mol. The summed E-state index contributed by atoms with van der Waals surface area (Å²) < 4.78 is 12.2. The van der Waals surface area contributed by atoms with Crippen LogP contribution >= 0.6 is 15.9 Å². The third-order valence-electron chi connectivity index (χ3n) is 4.16. The first-order valence-corrected chi connectivity index (χ1v) is 10.1. The molecule has 3 aromatic heterocycles. The van der Waals surface area contributed by atoms with Gasteiger partial charge in [0.25, 0.3) is 0 Å². The third kappa shape index (κ3) is 5.10. The second-order valence-electron chi connectivity index (χ2n) is 6.43. The van der Waals surface area contributed by atoms with Crippen molar-refractivity contribution < 1.29 is 9.47 Å². The number of benzene rings is 1. The van der Waals surface area contributed by atoms with Crippen LogP contribution in [0.5, 0.6) is 11.9 Å². The van der Waals surface area contributed by atoms with Gasteiger partial charge in [0, 0.05) is 24.8 Å². The maximum absolute atomic E-state index is 6.30. The van der Waals surface area contributed by atoms with E-state index in [1.807, 2.05) is 31.2 Å². The number of ether oxygens (including phenoxy) is 2. The van der Waals surface area contributed by atoms with E-state index in [4.69, 9.17) is 15.2 Å². The highest BCUT2D eigenvalue weighted by atomic mass is 79.9. The van der Waals surface area contributed by atoms with Gasteiger partial charge in [-0.15, -0.1) is 0 Å². The minimum atomic E-state index is 0.198. The van der Waals surface area contributed by atoms with Crippen LogP contribution in [0.1, 0.15) is 5.56 Å². The van der Waals surface area contributed by atoms with Gasteiger partial charge in [0.05, 0.1) is 10.0 Å². The van der Waals surface area contributed by atoms with Crippen molar-refractivity contribution in [3.05, 3.63) is 65.2 Å². The van der Waals surface area contributed by atoms with E-state index in [1.54, 1.807) is 30.9 Å². The Balaban J connectivity index is 1.60. The lowest BCUT2D eigenvalue weighted by Gasteiger charge is -2.14. The van der Waals surface area contributed by atoms with E-state index in [0.29, 0.717) is 17.3 Å². The zero-order chi connectivity index (χ0) is 21.6. The highest BCUT2D eigenvalue weighted by molar-refractivity contribution is 9.10. The van der Waals surface area contributed by atoms with E-state index in [1.165, 1.54) is 0 Å². The zero-order valence-electron chi connectivity index (χ0n) is 16.6. The summed E-state index contributed by atoms with van der Waals surface area (Å²) in [6.07, 6.45) is 6.44. The summed E-state index contributed by atoms with van der Waals surface area (Å²) in [6, 6.07) is 9.84. The smallest absolute Gasteiger partial charge is 0.316 e. The van der Waals surface area contributed by atoms with Crippen molar-refractivity contribution in [3.63, 3.8) is 0 Å². The molecule has 4 aromatic rings. The van der Waals surface area contributed by atoms with Crippen molar-refractivity contribution >= 4 is 21.7 Å². The van der Waals surface area contributed by atoms with E-state index in [2.05, 4.69) is 45.8 Å². The normalized spacial score (nSPS) is 10.6. The molecule has 0 unspecified atom stereocenters. The molecule has 0 radical (unpaired) electrons. The summed E-state index contributed by atoms with van der Waals surface area (Å²) in [5, 5.41) is 0. The molecule has 0 aliphatic heterocycles. The molecule has 0 saturated heterocycles. The molecule has 0 saturated carbocycles. The van der Waals surface area contributed by atoms with Crippen LogP contribution in [0.25, 0.3) is 22.8 Å². The summed E-state index contributed by atoms with van der Waals surface area (Å²) in [5.41, 5.74) is 8.86. The average Bonchev–Trinajstić information content (AvgIpc) is 2.79. The largest absolute Gasteiger partial charge is 0.473 e. The van der Waals surface area contributed by atoms with E-state index in [-0.39, 0.29) is 30.9 Å². The van der Waals surface area contributed by atoms with E-state index >= 15 is 0 Å². The first-order valence-electron chi connectivity index (χ1n) is 9.35. The molecule has 9 nitrogen and oxygen atoms in total. The molecule has 0 aliphatic rings. The first kappa shape index (κ1) is 20.6. The molecule has 31 heavy (non-hydrogen) atoms. The number of hydrogen-bond acceptors (Lipinski definition) is 9. The van der Waals surface area contributed by atoms with Crippen LogP contribution in [0.2, 0.25) is 0 Å². The van der Waals surface area contributed by atoms with Crippen LogP contribution in [-0.2, 0) is 0 Å². The van der Waals surface area contributed by atoms with Gasteiger partial charge < -0.3 is 15.2 Å². The van der Waals surface area contributed by atoms with Gasteiger partial charge in [-0.3, -0.25) is 0 Å². The maximum Gasteiger partial charge on any atom is 0.316 e. The summed E-state index contributed by atoms with van der Waals surface area (Å²) >= 11 is 3.28. The maximum atomic E-state index is 6.30. The summed E-state index contributed by atoms with van der Waals surface area (Å²) in [4.78, 5) is 25.4. The number of aromatic nitrogens is 6. The van der Waals surface area contributed by atoms with Crippen molar-refractivity contribution in [2.75, 3.05) is 18.9 Å². The molecule has 10 heteroatoms. The van der Waals surface area contributed by atoms with Crippen molar-refractivity contribution in [2.24, 2.45) is 0 Å². The average molecular weight is 480 g/mol. The highest BCUT2D eigenvalue weighted by Gasteiger charge is 2.18. The molecule has 0 fully saturated rings. The molecule has 3 heterocycles. The fourth-order valence-electron chi connectivity index (χ4n) is 2.71. The molecule has 0 atom stereocenters. The highest BCUT2D eigenvalue weighted by Crippen LogP contribution is 2.34.